The van der Waals surface area contributed by atoms with Crippen molar-refractivity contribution in [2.75, 3.05) is 26.2 Å². The monoisotopic (exact) mass is 394 g/mol. The highest BCUT2D eigenvalue weighted by Gasteiger charge is 2.22. The first kappa shape index (κ1) is 18.7. The highest BCUT2D eigenvalue weighted by Crippen LogP contribution is 2.15. The molecule has 6 heteroatoms. The first-order chi connectivity index (χ1) is 13.7. The van der Waals surface area contributed by atoms with Crippen molar-refractivity contribution in [3.8, 4) is 0 Å². The van der Waals surface area contributed by atoms with Gasteiger partial charge in [0, 0.05) is 56.1 Å². The van der Waals surface area contributed by atoms with Crippen LogP contribution in [0, 0.1) is 0 Å². The summed E-state index contributed by atoms with van der Waals surface area (Å²) in [6, 6.07) is 17.5. The van der Waals surface area contributed by atoms with Crippen LogP contribution in [-0.2, 0) is 13.1 Å². The van der Waals surface area contributed by atoms with E-state index in [9.17, 15) is 4.79 Å². The number of hydrogen-bond acceptors (Lipinski definition) is 3. The van der Waals surface area contributed by atoms with Gasteiger partial charge in [-0.15, -0.1) is 0 Å². The molecule has 0 spiro atoms. The summed E-state index contributed by atoms with van der Waals surface area (Å²) in [5.41, 5.74) is 3.15. The average Bonchev–Trinajstić information content (AvgIpc) is 3.16. The summed E-state index contributed by atoms with van der Waals surface area (Å²) in [5, 5.41) is 0.647. The average molecular weight is 395 g/mol. The number of hydrogen-bond donors (Lipinski definition) is 0. The molecular weight excluding hydrogens is 372 g/mol. The molecule has 0 unspecified atom stereocenters. The molecule has 4 rings (SSSR count). The normalized spacial score (nSPS) is 15.0. The summed E-state index contributed by atoms with van der Waals surface area (Å²) in [6.45, 7) is 4.84. The van der Waals surface area contributed by atoms with Crippen LogP contribution in [-0.4, -0.2) is 51.4 Å². The van der Waals surface area contributed by atoms with Crippen molar-refractivity contribution in [1.82, 2.24) is 19.4 Å². The first-order valence-corrected chi connectivity index (χ1v) is 9.87. The van der Waals surface area contributed by atoms with Crippen molar-refractivity contribution in [2.24, 2.45) is 0 Å². The van der Waals surface area contributed by atoms with E-state index in [1.165, 1.54) is 11.3 Å². The van der Waals surface area contributed by atoms with E-state index in [1.807, 2.05) is 23.5 Å². The zero-order valence-electron chi connectivity index (χ0n) is 15.7. The van der Waals surface area contributed by atoms with E-state index in [1.54, 1.807) is 24.3 Å². The van der Waals surface area contributed by atoms with Crippen molar-refractivity contribution >= 4 is 17.5 Å². The number of carbonyl (C=O) groups excluding carboxylic acids is 1. The molecule has 0 N–H and O–H groups in total. The quantitative estimate of drug-likeness (QED) is 0.664. The molecule has 1 saturated heterocycles. The van der Waals surface area contributed by atoms with Crippen molar-refractivity contribution in [3.63, 3.8) is 0 Å². The Bertz CT molecular complexity index is 915. The Balaban J connectivity index is 1.33. The van der Waals surface area contributed by atoms with Crippen molar-refractivity contribution in [1.29, 1.82) is 0 Å². The standard InChI is InChI=1S/C22H23ClN4O/c23-20-8-6-19(7-9-20)22(28)26-12-10-25(11-13-26)16-21-14-24-17-27(21)15-18-4-2-1-3-5-18/h1-9,14,17H,10-13,15-16H2. The van der Waals surface area contributed by atoms with Crippen LogP contribution in [0.2, 0.25) is 5.02 Å². The topological polar surface area (TPSA) is 41.4 Å². The second kappa shape index (κ2) is 8.59. The van der Waals surface area contributed by atoms with E-state index in [0.29, 0.717) is 10.6 Å². The van der Waals surface area contributed by atoms with Crippen LogP contribution >= 0.6 is 11.6 Å². The Hall–Kier alpha value is -2.63. The molecule has 2 aromatic carbocycles. The number of rotatable bonds is 5. The molecule has 1 amide bonds. The lowest BCUT2D eigenvalue weighted by atomic mass is 10.2. The van der Waals surface area contributed by atoms with E-state index in [-0.39, 0.29) is 5.91 Å². The van der Waals surface area contributed by atoms with E-state index in [4.69, 9.17) is 11.6 Å². The minimum absolute atomic E-state index is 0.0745. The molecule has 1 aromatic heterocycles. The molecule has 1 aliphatic rings. The Morgan fingerprint density at radius 2 is 1.64 bits per heavy atom. The molecule has 1 aliphatic heterocycles. The fraction of sp³-hybridized carbons (Fsp3) is 0.273. The number of halogens is 1. The fourth-order valence-electron chi connectivity index (χ4n) is 3.52. The van der Waals surface area contributed by atoms with E-state index >= 15 is 0 Å². The molecule has 0 bridgehead atoms. The molecule has 0 aliphatic carbocycles. The zero-order chi connectivity index (χ0) is 19.3. The predicted octanol–water partition coefficient (Wildman–Crippen LogP) is 3.54. The maximum atomic E-state index is 12.6. The minimum atomic E-state index is 0.0745. The number of imidazole rings is 1. The van der Waals surface area contributed by atoms with E-state index in [2.05, 4.69) is 38.7 Å². The highest BCUT2D eigenvalue weighted by molar-refractivity contribution is 6.30. The highest BCUT2D eigenvalue weighted by atomic mass is 35.5. The van der Waals surface area contributed by atoms with Crippen LogP contribution in [0.15, 0.2) is 67.1 Å². The van der Waals surface area contributed by atoms with Gasteiger partial charge in [-0.1, -0.05) is 41.9 Å². The van der Waals surface area contributed by atoms with Gasteiger partial charge < -0.3 is 9.47 Å². The van der Waals surface area contributed by atoms with E-state index in [0.717, 1.165) is 39.3 Å². The van der Waals surface area contributed by atoms with Gasteiger partial charge in [0.1, 0.15) is 0 Å². The summed E-state index contributed by atoms with van der Waals surface area (Å²) >= 11 is 5.91. The van der Waals surface area contributed by atoms with Gasteiger partial charge in [-0.25, -0.2) is 4.98 Å². The van der Waals surface area contributed by atoms with Crippen molar-refractivity contribution in [2.45, 2.75) is 13.1 Å². The zero-order valence-corrected chi connectivity index (χ0v) is 16.4. The van der Waals surface area contributed by atoms with Crippen LogP contribution < -0.4 is 0 Å². The Morgan fingerprint density at radius 1 is 0.929 bits per heavy atom. The SMILES string of the molecule is O=C(c1ccc(Cl)cc1)N1CCN(Cc2cncn2Cc2ccccc2)CC1. The van der Waals surface area contributed by atoms with Crippen LogP contribution in [0.1, 0.15) is 21.6 Å². The maximum absolute atomic E-state index is 12.6. The van der Waals surface area contributed by atoms with Gasteiger partial charge in [-0.05, 0) is 29.8 Å². The number of carbonyl (C=O) groups is 1. The molecule has 3 aromatic rings. The van der Waals surface area contributed by atoms with E-state index < -0.39 is 0 Å². The minimum Gasteiger partial charge on any atom is -0.336 e. The molecule has 5 nitrogen and oxygen atoms in total. The van der Waals surface area contributed by atoms with Crippen LogP contribution in [0.4, 0.5) is 0 Å². The third-order valence-electron chi connectivity index (χ3n) is 5.13. The van der Waals surface area contributed by atoms with Gasteiger partial charge in [0.05, 0.1) is 12.0 Å². The van der Waals surface area contributed by atoms with Gasteiger partial charge in [0.25, 0.3) is 5.91 Å². The predicted molar refractivity (Wildman–Crippen MR) is 110 cm³/mol. The smallest absolute Gasteiger partial charge is 0.253 e. The number of piperazine rings is 1. The molecule has 2 heterocycles. The summed E-state index contributed by atoms with van der Waals surface area (Å²) in [5.74, 6) is 0.0745. The second-order valence-corrected chi connectivity index (χ2v) is 7.51. The van der Waals surface area contributed by atoms with Gasteiger partial charge in [0.15, 0.2) is 0 Å². The number of benzene rings is 2. The third-order valence-corrected chi connectivity index (χ3v) is 5.38. The largest absolute Gasteiger partial charge is 0.336 e. The molecule has 144 valence electrons. The van der Waals surface area contributed by atoms with Crippen molar-refractivity contribution in [3.05, 3.63) is 89.0 Å². The Labute approximate surface area is 170 Å². The molecule has 28 heavy (non-hydrogen) atoms. The number of amides is 1. The summed E-state index contributed by atoms with van der Waals surface area (Å²) in [6.07, 6.45) is 3.83. The van der Waals surface area contributed by atoms with Crippen LogP contribution in [0.5, 0.6) is 0 Å². The fourth-order valence-corrected chi connectivity index (χ4v) is 3.64. The van der Waals surface area contributed by atoms with Crippen LogP contribution in [0.3, 0.4) is 0 Å². The molecule has 0 radical (unpaired) electrons. The lowest BCUT2D eigenvalue weighted by Crippen LogP contribution is -2.48. The lowest BCUT2D eigenvalue weighted by Gasteiger charge is -2.34. The molecular formula is C22H23ClN4O. The second-order valence-electron chi connectivity index (χ2n) is 7.07. The van der Waals surface area contributed by atoms with Gasteiger partial charge in [-0.2, -0.15) is 0 Å². The number of aromatic nitrogens is 2. The molecule has 0 atom stereocenters. The Kier molecular flexibility index (Phi) is 5.74. The van der Waals surface area contributed by atoms with Gasteiger partial charge >= 0.3 is 0 Å². The first-order valence-electron chi connectivity index (χ1n) is 9.49. The lowest BCUT2D eigenvalue weighted by molar-refractivity contribution is 0.0626. The maximum Gasteiger partial charge on any atom is 0.253 e. The number of nitrogens with zero attached hydrogens (tertiary/aromatic N) is 4. The van der Waals surface area contributed by atoms with Crippen molar-refractivity contribution < 1.29 is 4.79 Å². The molecule has 1 fully saturated rings. The van der Waals surface area contributed by atoms with Gasteiger partial charge in [-0.3, -0.25) is 9.69 Å². The summed E-state index contributed by atoms with van der Waals surface area (Å²) in [7, 11) is 0. The van der Waals surface area contributed by atoms with Gasteiger partial charge in [0.2, 0.25) is 0 Å². The Morgan fingerprint density at radius 3 is 2.36 bits per heavy atom. The summed E-state index contributed by atoms with van der Waals surface area (Å²) in [4.78, 5) is 21.3. The molecule has 0 saturated carbocycles. The van der Waals surface area contributed by atoms with Crippen LogP contribution in [0.25, 0.3) is 0 Å². The third kappa shape index (κ3) is 4.43. The summed E-state index contributed by atoms with van der Waals surface area (Å²) < 4.78 is 2.20.